The molecule has 1 aromatic carbocycles. The molecule has 2 atom stereocenters. The molecule has 0 radical (unpaired) electrons. The van der Waals surface area contributed by atoms with Gasteiger partial charge in [0, 0.05) is 6.42 Å². The lowest BCUT2D eigenvalue weighted by atomic mass is 10.2. The number of β-amino-alcohol motifs (C(OH)–C–C–N with tert-alkyl or cyclic N) is 1. The van der Waals surface area contributed by atoms with Crippen LogP contribution in [0, 0.1) is 0 Å². The fourth-order valence-electron chi connectivity index (χ4n) is 2.09. The molecule has 2 rings (SSSR count). The third-order valence-corrected chi connectivity index (χ3v) is 3.05. The van der Waals surface area contributed by atoms with E-state index in [-0.39, 0.29) is 19.6 Å². The standard InChI is InChI=1S/C13H16N2O4/c14-12(17)11-6-10(16)7-15(11)13(18)19-8-9-4-2-1-3-5-9/h1-5,10-11,16H,6-8H2,(H2,14,17). The lowest BCUT2D eigenvalue weighted by molar-refractivity contribution is -0.122. The Morgan fingerprint density at radius 3 is 2.68 bits per heavy atom. The first-order chi connectivity index (χ1) is 9.08. The first kappa shape index (κ1) is 13.4. The van der Waals surface area contributed by atoms with E-state index >= 15 is 0 Å². The molecule has 0 aromatic heterocycles. The topological polar surface area (TPSA) is 92.9 Å². The predicted molar refractivity (Wildman–Crippen MR) is 66.9 cm³/mol. The fourth-order valence-corrected chi connectivity index (χ4v) is 2.09. The molecule has 2 unspecified atom stereocenters. The molecule has 1 aliphatic heterocycles. The van der Waals surface area contributed by atoms with Crippen LogP contribution in [0.2, 0.25) is 0 Å². The van der Waals surface area contributed by atoms with Gasteiger partial charge in [0.2, 0.25) is 5.91 Å². The third-order valence-electron chi connectivity index (χ3n) is 3.05. The molecule has 0 spiro atoms. The number of aliphatic hydroxyl groups is 1. The Balaban J connectivity index is 1.94. The maximum Gasteiger partial charge on any atom is 0.410 e. The second-order valence-electron chi connectivity index (χ2n) is 4.50. The Labute approximate surface area is 110 Å². The number of hydrogen-bond donors (Lipinski definition) is 2. The Kier molecular flexibility index (Phi) is 4.01. The van der Waals surface area contributed by atoms with Gasteiger partial charge in [-0.2, -0.15) is 0 Å². The predicted octanol–water partition coefficient (Wildman–Crippen LogP) is 0.244. The summed E-state index contributed by atoms with van der Waals surface area (Å²) in [7, 11) is 0. The van der Waals surface area contributed by atoms with Crippen molar-refractivity contribution in [3.05, 3.63) is 35.9 Å². The minimum atomic E-state index is -0.793. The van der Waals surface area contributed by atoms with E-state index in [1.165, 1.54) is 4.90 Å². The molecule has 1 aromatic rings. The number of amides is 2. The van der Waals surface area contributed by atoms with Gasteiger partial charge in [0.1, 0.15) is 12.6 Å². The van der Waals surface area contributed by atoms with Crippen LogP contribution in [0.1, 0.15) is 12.0 Å². The van der Waals surface area contributed by atoms with Crippen LogP contribution in [0.5, 0.6) is 0 Å². The van der Waals surface area contributed by atoms with Crippen LogP contribution in [0.3, 0.4) is 0 Å². The highest BCUT2D eigenvalue weighted by atomic mass is 16.6. The van der Waals surface area contributed by atoms with Gasteiger partial charge in [-0.15, -0.1) is 0 Å². The summed E-state index contributed by atoms with van der Waals surface area (Å²) in [5.41, 5.74) is 6.05. The van der Waals surface area contributed by atoms with Crippen molar-refractivity contribution in [1.29, 1.82) is 0 Å². The van der Waals surface area contributed by atoms with Crippen LogP contribution in [0.25, 0.3) is 0 Å². The minimum absolute atomic E-state index is 0.0707. The molecule has 1 fully saturated rings. The highest BCUT2D eigenvalue weighted by Gasteiger charge is 2.38. The zero-order valence-corrected chi connectivity index (χ0v) is 10.4. The number of hydrogen-bond acceptors (Lipinski definition) is 4. The Morgan fingerprint density at radius 1 is 1.37 bits per heavy atom. The molecule has 2 amide bonds. The van der Waals surface area contributed by atoms with E-state index in [0.29, 0.717) is 0 Å². The molecule has 1 aliphatic rings. The van der Waals surface area contributed by atoms with Crippen molar-refractivity contribution in [3.63, 3.8) is 0 Å². The Hall–Kier alpha value is -2.08. The summed E-state index contributed by atoms with van der Waals surface area (Å²) in [6.45, 7) is 0.193. The number of nitrogens with zero attached hydrogens (tertiary/aromatic N) is 1. The maximum atomic E-state index is 11.9. The van der Waals surface area contributed by atoms with E-state index in [1.807, 2.05) is 30.3 Å². The van der Waals surface area contributed by atoms with Crippen molar-refractivity contribution in [2.24, 2.45) is 5.73 Å². The van der Waals surface area contributed by atoms with Crippen LogP contribution in [-0.2, 0) is 16.1 Å². The lowest BCUT2D eigenvalue weighted by Crippen LogP contribution is -2.43. The molecule has 19 heavy (non-hydrogen) atoms. The minimum Gasteiger partial charge on any atom is -0.445 e. The average molecular weight is 264 g/mol. The second kappa shape index (κ2) is 5.71. The van der Waals surface area contributed by atoms with Crippen molar-refractivity contribution < 1.29 is 19.4 Å². The first-order valence-corrected chi connectivity index (χ1v) is 6.02. The summed E-state index contributed by atoms with van der Waals surface area (Å²) in [6, 6.07) is 8.42. The molecule has 0 bridgehead atoms. The summed E-state index contributed by atoms with van der Waals surface area (Å²) in [4.78, 5) is 24.2. The van der Waals surface area contributed by atoms with Crippen LogP contribution < -0.4 is 5.73 Å². The zero-order chi connectivity index (χ0) is 13.8. The molecule has 6 nitrogen and oxygen atoms in total. The molecular weight excluding hydrogens is 248 g/mol. The van der Waals surface area contributed by atoms with Gasteiger partial charge in [-0.25, -0.2) is 4.79 Å². The number of primary amides is 1. The van der Waals surface area contributed by atoms with E-state index < -0.39 is 24.1 Å². The quantitative estimate of drug-likeness (QED) is 0.818. The second-order valence-corrected chi connectivity index (χ2v) is 4.50. The maximum absolute atomic E-state index is 11.9. The van der Waals surface area contributed by atoms with E-state index in [9.17, 15) is 14.7 Å². The van der Waals surface area contributed by atoms with E-state index in [0.717, 1.165) is 5.56 Å². The number of likely N-dealkylation sites (tertiary alicyclic amines) is 1. The van der Waals surface area contributed by atoms with E-state index in [2.05, 4.69) is 0 Å². The molecule has 0 saturated carbocycles. The number of carbonyl (C=O) groups excluding carboxylic acids is 2. The zero-order valence-electron chi connectivity index (χ0n) is 10.4. The first-order valence-electron chi connectivity index (χ1n) is 6.02. The SMILES string of the molecule is NC(=O)C1CC(O)CN1C(=O)OCc1ccccc1. The lowest BCUT2D eigenvalue weighted by Gasteiger charge is -2.21. The van der Waals surface area contributed by atoms with Crippen LogP contribution in [-0.4, -0.2) is 40.7 Å². The fraction of sp³-hybridized carbons (Fsp3) is 0.385. The molecule has 6 heteroatoms. The smallest absolute Gasteiger partial charge is 0.410 e. The number of aliphatic hydroxyl groups excluding tert-OH is 1. The monoisotopic (exact) mass is 264 g/mol. The van der Waals surface area contributed by atoms with Crippen molar-refractivity contribution in [2.75, 3.05) is 6.54 Å². The van der Waals surface area contributed by atoms with Gasteiger partial charge in [0.15, 0.2) is 0 Å². The molecule has 0 aliphatic carbocycles. The summed E-state index contributed by atoms with van der Waals surface area (Å²) in [6.07, 6.45) is -1.21. The molecule has 3 N–H and O–H groups in total. The van der Waals surface area contributed by atoms with Crippen LogP contribution in [0.4, 0.5) is 4.79 Å². The molecular formula is C13H16N2O4. The summed E-state index contributed by atoms with van der Waals surface area (Å²) in [5.74, 6) is -0.631. The van der Waals surface area contributed by atoms with Crippen molar-refractivity contribution in [3.8, 4) is 0 Å². The van der Waals surface area contributed by atoms with E-state index in [1.54, 1.807) is 0 Å². The van der Waals surface area contributed by atoms with Gasteiger partial charge in [-0.3, -0.25) is 9.69 Å². The third kappa shape index (κ3) is 3.23. The van der Waals surface area contributed by atoms with E-state index in [4.69, 9.17) is 10.5 Å². The van der Waals surface area contributed by atoms with Crippen molar-refractivity contribution >= 4 is 12.0 Å². The number of nitrogens with two attached hydrogens (primary N) is 1. The average Bonchev–Trinajstić information content (AvgIpc) is 2.79. The van der Waals surface area contributed by atoms with Gasteiger partial charge < -0.3 is 15.6 Å². The van der Waals surface area contributed by atoms with Gasteiger partial charge in [-0.1, -0.05) is 30.3 Å². The van der Waals surface area contributed by atoms with Crippen LogP contribution >= 0.6 is 0 Å². The van der Waals surface area contributed by atoms with Gasteiger partial charge in [-0.05, 0) is 5.56 Å². The summed E-state index contributed by atoms with van der Waals surface area (Å²) >= 11 is 0. The van der Waals surface area contributed by atoms with Gasteiger partial charge in [0.05, 0.1) is 12.6 Å². The number of benzene rings is 1. The highest BCUT2D eigenvalue weighted by Crippen LogP contribution is 2.19. The largest absolute Gasteiger partial charge is 0.445 e. The summed E-state index contributed by atoms with van der Waals surface area (Å²) < 4.78 is 5.11. The normalized spacial score (nSPS) is 22.3. The Morgan fingerprint density at radius 2 is 2.05 bits per heavy atom. The van der Waals surface area contributed by atoms with Crippen LogP contribution in [0.15, 0.2) is 30.3 Å². The van der Waals surface area contributed by atoms with Crippen molar-refractivity contribution in [2.45, 2.75) is 25.2 Å². The van der Waals surface area contributed by atoms with Gasteiger partial charge >= 0.3 is 6.09 Å². The molecule has 1 saturated heterocycles. The Bertz CT molecular complexity index is 463. The molecule has 102 valence electrons. The molecule has 1 heterocycles. The highest BCUT2D eigenvalue weighted by molar-refractivity contribution is 5.85. The number of ether oxygens (including phenoxy) is 1. The van der Waals surface area contributed by atoms with Crippen molar-refractivity contribution in [1.82, 2.24) is 4.90 Å². The summed E-state index contributed by atoms with van der Waals surface area (Å²) in [5, 5.41) is 9.50. The van der Waals surface area contributed by atoms with Gasteiger partial charge in [0.25, 0.3) is 0 Å². The number of carbonyl (C=O) groups is 2. The number of rotatable bonds is 3.